The van der Waals surface area contributed by atoms with Gasteiger partial charge in [-0.05, 0) is 6.42 Å². The van der Waals surface area contributed by atoms with Crippen LogP contribution in [0.25, 0.3) is 0 Å². The van der Waals surface area contributed by atoms with Gasteiger partial charge < -0.3 is 5.32 Å². The van der Waals surface area contributed by atoms with Crippen LogP contribution in [0, 0.1) is 23.3 Å². The van der Waals surface area contributed by atoms with Crippen molar-refractivity contribution in [3.05, 3.63) is 34.9 Å². The second kappa shape index (κ2) is 7.96. The molecule has 21 heavy (non-hydrogen) atoms. The fourth-order valence-corrected chi connectivity index (χ4v) is 2.66. The summed E-state index contributed by atoms with van der Waals surface area (Å²) in [5, 5.41) is 3.14. The Morgan fingerprint density at radius 2 is 1.62 bits per heavy atom. The number of piperazine rings is 1. The second-order valence-corrected chi connectivity index (χ2v) is 4.97. The lowest BCUT2D eigenvalue weighted by atomic mass is 9.98. The van der Waals surface area contributed by atoms with Crippen molar-refractivity contribution in [3.8, 4) is 0 Å². The third-order valence-corrected chi connectivity index (χ3v) is 3.63. The van der Waals surface area contributed by atoms with Crippen molar-refractivity contribution < 1.29 is 17.6 Å². The summed E-state index contributed by atoms with van der Waals surface area (Å²) in [6.07, 6.45) is 1.13. The monoisotopic (exact) mass is 326 g/mol. The first kappa shape index (κ1) is 18.2. The zero-order chi connectivity index (χ0) is 14.7. The van der Waals surface area contributed by atoms with Crippen LogP contribution in [-0.2, 0) is 0 Å². The molecule has 0 bridgehead atoms. The zero-order valence-corrected chi connectivity index (χ0v) is 12.6. The first-order valence-electron chi connectivity index (χ1n) is 6.84. The van der Waals surface area contributed by atoms with Crippen LogP contribution in [0.2, 0.25) is 0 Å². The Labute approximate surface area is 127 Å². The minimum atomic E-state index is -1.34. The predicted molar refractivity (Wildman–Crippen MR) is 75.6 cm³/mol. The number of nitrogens with zero attached hydrogens (tertiary/aromatic N) is 1. The van der Waals surface area contributed by atoms with Gasteiger partial charge in [-0.15, -0.1) is 12.4 Å². The molecule has 120 valence electrons. The van der Waals surface area contributed by atoms with Gasteiger partial charge in [-0.2, -0.15) is 0 Å². The standard InChI is InChI=1S/C14H18F4N2.ClH/c1-2-3-11(20-6-4-19-5-7-20)12-13(17)9(15)8-10(16)14(12)18;/h8,11,19H,2-7H2,1H3;1H/t11-;/m1./s1. The van der Waals surface area contributed by atoms with E-state index in [4.69, 9.17) is 0 Å². The van der Waals surface area contributed by atoms with Crippen LogP contribution in [0.3, 0.4) is 0 Å². The van der Waals surface area contributed by atoms with E-state index in [0.717, 1.165) is 0 Å². The van der Waals surface area contributed by atoms with Crippen molar-refractivity contribution in [3.63, 3.8) is 0 Å². The maximum absolute atomic E-state index is 13.9. The molecule has 7 heteroatoms. The summed E-state index contributed by atoms with van der Waals surface area (Å²) < 4.78 is 54.6. The van der Waals surface area contributed by atoms with Crippen LogP contribution in [0.15, 0.2) is 6.07 Å². The maximum atomic E-state index is 13.9. The molecule has 1 aromatic carbocycles. The quantitative estimate of drug-likeness (QED) is 0.674. The van der Waals surface area contributed by atoms with Gasteiger partial charge in [-0.25, -0.2) is 17.6 Å². The minimum Gasteiger partial charge on any atom is -0.314 e. The summed E-state index contributed by atoms with van der Waals surface area (Å²) >= 11 is 0. The van der Waals surface area contributed by atoms with Gasteiger partial charge in [0.1, 0.15) is 0 Å². The van der Waals surface area contributed by atoms with Crippen molar-refractivity contribution in [2.45, 2.75) is 25.8 Å². The predicted octanol–water partition coefficient (Wildman–Crippen LogP) is 3.41. The lowest BCUT2D eigenvalue weighted by Gasteiger charge is -2.35. The molecule has 0 spiro atoms. The Hall–Kier alpha value is -0.850. The maximum Gasteiger partial charge on any atom is 0.166 e. The molecule has 0 saturated carbocycles. The van der Waals surface area contributed by atoms with E-state index in [0.29, 0.717) is 39.0 Å². The average molecular weight is 327 g/mol. The van der Waals surface area contributed by atoms with Crippen LogP contribution in [0.5, 0.6) is 0 Å². The van der Waals surface area contributed by atoms with E-state index in [9.17, 15) is 17.6 Å². The lowest BCUT2D eigenvalue weighted by Crippen LogP contribution is -2.45. The van der Waals surface area contributed by atoms with Crippen molar-refractivity contribution in [2.24, 2.45) is 0 Å². The highest BCUT2D eigenvalue weighted by Crippen LogP contribution is 2.32. The number of benzene rings is 1. The Morgan fingerprint density at radius 1 is 1.10 bits per heavy atom. The molecule has 0 aromatic heterocycles. The summed E-state index contributed by atoms with van der Waals surface area (Å²) in [5.74, 6) is -5.23. The molecule has 1 atom stereocenters. The largest absolute Gasteiger partial charge is 0.314 e. The minimum absolute atomic E-state index is 0. The third-order valence-electron chi connectivity index (χ3n) is 3.63. The fourth-order valence-electron chi connectivity index (χ4n) is 2.66. The lowest BCUT2D eigenvalue weighted by molar-refractivity contribution is 0.156. The van der Waals surface area contributed by atoms with Crippen LogP contribution in [0.4, 0.5) is 17.6 Å². The van der Waals surface area contributed by atoms with Gasteiger partial charge in [0.25, 0.3) is 0 Å². The summed E-state index contributed by atoms with van der Waals surface area (Å²) in [7, 11) is 0. The van der Waals surface area contributed by atoms with Gasteiger partial charge in [-0.1, -0.05) is 13.3 Å². The van der Waals surface area contributed by atoms with E-state index in [2.05, 4.69) is 5.32 Å². The molecule has 0 amide bonds. The molecule has 2 rings (SSSR count). The molecule has 1 fully saturated rings. The van der Waals surface area contributed by atoms with E-state index in [1.54, 1.807) is 0 Å². The van der Waals surface area contributed by atoms with Crippen LogP contribution in [0.1, 0.15) is 31.4 Å². The van der Waals surface area contributed by atoms with Crippen molar-refractivity contribution in [2.75, 3.05) is 26.2 Å². The SMILES string of the molecule is CCC[C@H](c1c(F)c(F)cc(F)c1F)N1CCNCC1.Cl. The van der Waals surface area contributed by atoms with Crippen molar-refractivity contribution in [1.29, 1.82) is 0 Å². The van der Waals surface area contributed by atoms with E-state index in [1.807, 2.05) is 11.8 Å². The first-order valence-corrected chi connectivity index (χ1v) is 6.84. The van der Waals surface area contributed by atoms with Gasteiger partial charge in [0.2, 0.25) is 0 Å². The van der Waals surface area contributed by atoms with E-state index in [1.165, 1.54) is 0 Å². The van der Waals surface area contributed by atoms with Crippen molar-refractivity contribution >= 4 is 12.4 Å². The highest BCUT2D eigenvalue weighted by Gasteiger charge is 2.30. The van der Waals surface area contributed by atoms with Gasteiger partial charge in [0.15, 0.2) is 23.3 Å². The highest BCUT2D eigenvalue weighted by molar-refractivity contribution is 5.85. The number of hydrogen-bond donors (Lipinski definition) is 1. The van der Waals surface area contributed by atoms with Gasteiger partial charge in [0.05, 0.1) is 0 Å². The first-order chi connectivity index (χ1) is 9.56. The Balaban J connectivity index is 0.00000220. The third kappa shape index (κ3) is 3.87. The molecular weight excluding hydrogens is 308 g/mol. The highest BCUT2D eigenvalue weighted by atomic mass is 35.5. The molecule has 2 nitrogen and oxygen atoms in total. The summed E-state index contributed by atoms with van der Waals surface area (Å²) in [4.78, 5) is 1.88. The van der Waals surface area contributed by atoms with E-state index >= 15 is 0 Å². The molecule has 1 heterocycles. The second-order valence-electron chi connectivity index (χ2n) is 4.97. The Morgan fingerprint density at radius 3 is 2.10 bits per heavy atom. The Bertz CT molecular complexity index is 452. The number of hydrogen-bond acceptors (Lipinski definition) is 2. The summed E-state index contributed by atoms with van der Waals surface area (Å²) in [6.45, 7) is 4.46. The molecule has 1 aliphatic heterocycles. The zero-order valence-electron chi connectivity index (χ0n) is 11.8. The Kier molecular flexibility index (Phi) is 6.90. The molecule has 1 aromatic rings. The summed E-state index contributed by atoms with van der Waals surface area (Å²) in [6, 6.07) is -0.373. The molecule has 1 saturated heterocycles. The van der Waals surface area contributed by atoms with Gasteiger partial charge in [0, 0.05) is 43.9 Å². The molecule has 0 aliphatic carbocycles. The molecule has 1 N–H and O–H groups in total. The molecule has 0 unspecified atom stereocenters. The van der Waals surface area contributed by atoms with Crippen LogP contribution in [-0.4, -0.2) is 31.1 Å². The fraction of sp³-hybridized carbons (Fsp3) is 0.571. The molecule has 1 aliphatic rings. The van der Waals surface area contributed by atoms with E-state index in [-0.39, 0.29) is 18.5 Å². The molecular formula is C14H19ClF4N2. The summed E-state index contributed by atoms with van der Waals surface area (Å²) in [5.41, 5.74) is -0.480. The van der Waals surface area contributed by atoms with Gasteiger partial charge in [-0.3, -0.25) is 4.90 Å². The van der Waals surface area contributed by atoms with Crippen LogP contribution < -0.4 is 5.32 Å². The average Bonchev–Trinajstić information content (AvgIpc) is 2.45. The number of rotatable bonds is 4. The smallest absolute Gasteiger partial charge is 0.166 e. The molecule has 0 radical (unpaired) electrons. The topological polar surface area (TPSA) is 15.3 Å². The number of nitrogens with one attached hydrogen (secondary N) is 1. The van der Waals surface area contributed by atoms with Crippen LogP contribution >= 0.6 is 12.4 Å². The van der Waals surface area contributed by atoms with Gasteiger partial charge >= 0.3 is 0 Å². The van der Waals surface area contributed by atoms with Crippen molar-refractivity contribution in [1.82, 2.24) is 10.2 Å². The van der Waals surface area contributed by atoms with E-state index < -0.39 is 34.9 Å². The normalized spacial score (nSPS) is 17.4. The number of halogens is 5.